The first-order valence-corrected chi connectivity index (χ1v) is 15.1. The monoisotopic (exact) mass is 648 g/mol. The lowest BCUT2D eigenvalue weighted by molar-refractivity contribution is -0.159. The zero-order chi connectivity index (χ0) is 33.6. The second-order valence-electron chi connectivity index (χ2n) is 12.0. The van der Waals surface area contributed by atoms with Crippen molar-refractivity contribution in [3.05, 3.63) is 88.5 Å². The SMILES string of the molecule is CC1(C)COC(=O)C1OC(=O)C=Cc1ccc(C(=O)OC2CC(C(=O)NCc3cccc(C(=O)NCCO)c3)=CC3OCOC32)cc1. The van der Waals surface area contributed by atoms with Crippen molar-refractivity contribution in [1.82, 2.24) is 10.6 Å². The number of hydrogen-bond acceptors (Lipinski definition) is 11. The first kappa shape index (κ1) is 33.5. The molecule has 2 amide bonds. The average Bonchev–Trinajstić information content (AvgIpc) is 3.65. The van der Waals surface area contributed by atoms with Crippen LogP contribution in [0.4, 0.5) is 0 Å². The number of carbonyl (C=O) groups is 5. The lowest BCUT2D eigenvalue weighted by Gasteiger charge is -2.30. The third kappa shape index (κ3) is 8.30. The van der Waals surface area contributed by atoms with E-state index in [1.54, 1.807) is 68.5 Å². The van der Waals surface area contributed by atoms with Gasteiger partial charge in [-0.05, 0) is 47.5 Å². The minimum Gasteiger partial charge on any atom is -0.462 e. The van der Waals surface area contributed by atoms with Crippen LogP contribution in [0.1, 0.15) is 52.1 Å². The molecular weight excluding hydrogens is 612 g/mol. The van der Waals surface area contributed by atoms with Crippen molar-refractivity contribution in [2.75, 3.05) is 26.6 Å². The normalized spacial score (nSPS) is 23.0. The number of aliphatic hydroxyl groups excluding tert-OH is 1. The Hall–Kier alpha value is -4.85. The number of aliphatic hydroxyl groups is 1. The highest BCUT2D eigenvalue weighted by Crippen LogP contribution is 2.32. The number of amides is 2. The minimum absolute atomic E-state index is 0.0111. The van der Waals surface area contributed by atoms with Crippen LogP contribution in [0.15, 0.2) is 66.3 Å². The van der Waals surface area contributed by atoms with E-state index >= 15 is 0 Å². The lowest BCUT2D eigenvalue weighted by Crippen LogP contribution is -2.43. The molecule has 2 aliphatic heterocycles. The third-order valence-corrected chi connectivity index (χ3v) is 7.89. The Balaban J connectivity index is 1.16. The van der Waals surface area contributed by atoms with Crippen LogP contribution in [0.2, 0.25) is 0 Å². The summed E-state index contributed by atoms with van der Waals surface area (Å²) in [5.74, 6) is -2.61. The molecule has 0 aromatic heterocycles. The molecule has 3 N–H and O–H groups in total. The van der Waals surface area contributed by atoms with Gasteiger partial charge in [-0.25, -0.2) is 14.4 Å². The maximum atomic E-state index is 13.1. The fourth-order valence-corrected chi connectivity index (χ4v) is 5.30. The Morgan fingerprint density at radius 1 is 1.00 bits per heavy atom. The van der Waals surface area contributed by atoms with Crippen LogP contribution in [-0.4, -0.2) is 85.8 Å². The summed E-state index contributed by atoms with van der Waals surface area (Å²) in [6.07, 6.45) is 1.52. The van der Waals surface area contributed by atoms with Crippen LogP contribution in [0.5, 0.6) is 0 Å². The van der Waals surface area contributed by atoms with Crippen LogP contribution in [0, 0.1) is 5.41 Å². The summed E-state index contributed by atoms with van der Waals surface area (Å²) >= 11 is 0. The van der Waals surface area contributed by atoms with E-state index in [-0.39, 0.29) is 56.9 Å². The van der Waals surface area contributed by atoms with E-state index < -0.39 is 47.7 Å². The topological polar surface area (TPSA) is 176 Å². The Morgan fingerprint density at radius 3 is 2.51 bits per heavy atom. The Kier molecular flexibility index (Phi) is 10.5. The fourth-order valence-electron chi connectivity index (χ4n) is 5.30. The molecule has 13 heteroatoms. The first-order valence-electron chi connectivity index (χ1n) is 15.1. The van der Waals surface area contributed by atoms with Crippen LogP contribution >= 0.6 is 0 Å². The number of hydrogen-bond donors (Lipinski definition) is 3. The van der Waals surface area contributed by atoms with E-state index in [4.69, 9.17) is 28.8 Å². The van der Waals surface area contributed by atoms with Gasteiger partial charge in [-0.15, -0.1) is 0 Å². The van der Waals surface area contributed by atoms with Crippen molar-refractivity contribution in [2.24, 2.45) is 5.41 Å². The van der Waals surface area contributed by atoms with Gasteiger partial charge in [-0.1, -0.05) is 38.1 Å². The van der Waals surface area contributed by atoms with Gasteiger partial charge in [0.2, 0.25) is 12.0 Å². The highest BCUT2D eigenvalue weighted by Gasteiger charge is 2.46. The van der Waals surface area contributed by atoms with Crippen molar-refractivity contribution in [2.45, 2.75) is 51.2 Å². The maximum Gasteiger partial charge on any atom is 0.348 e. The highest BCUT2D eigenvalue weighted by atomic mass is 16.7. The summed E-state index contributed by atoms with van der Waals surface area (Å²) in [4.78, 5) is 62.6. The van der Waals surface area contributed by atoms with Crippen molar-refractivity contribution in [3.8, 4) is 0 Å². The molecule has 4 unspecified atom stereocenters. The Labute approximate surface area is 270 Å². The number of fused-ring (bicyclic) bond motifs is 1. The molecule has 248 valence electrons. The molecule has 4 atom stereocenters. The number of esters is 3. The van der Waals surface area contributed by atoms with E-state index in [1.807, 2.05) is 0 Å². The summed E-state index contributed by atoms with van der Waals surface area (Å²) in [6, 6.07) is 13.1. The molecule has 5 rings (SSSR count). The van der Waals surface area contributed by atoms with Gasteiger partial charge in [0.25, 0.3) is 5.91 Å². The van der Waals surface area contributed by atoms with Crippen molar-refractivity contribution in [3.63, 3.8) is 0 Å². The van der Waals surface area contributed by atoms with Crippen molar-refractivity contribution >= 4 is 35.8 Å². The Bertz CT molecular complexity index is 1580. The zero-order valence-electron chi connectivity index (χ0n) is 25.9. The molecule has 0 bridgehead atoms. The number of carbonyl (C=O) groups excluding carboxylic acids is 5. The molecule has 2 saturated heterocycles. The molecule has 3 aliphatic rings. The summed E-state index contributed by atoms with van der Waals surface area (Å²) < 4.78 is 27.3. The van der Waals surface area contributed by atoms with Gasteiger partial charge >= 0.3 is 17.9 Å². The number of benzene rings is 2. The fraction of sp³-hybridized carbons (Fsp3) is 0.382. The van der Waals surface area contributed by atoms with Crippen LogP contribution in [0.3, 0.4) is 0 Å². The predicted octanol–water partition coefficient (Wildman–Crippen LogP) is 1.83. The smallest absolute Gasteiger partial charge is 0.348 e. The largest absolute Gasteiger partial charge is 0.462 e. The molecule has 0 radical (unpaired) electrons. The van der Waals surface area contributed by atoms with Crippen molar-refractivity contribution < 1.29 is 52.8 Å². The maximum absolute atomic E-state index is 13.1. The van der Waals surface area contributed by atoms with E-state index in [2.05, 4.69) is 10.6 Å². The second-order valence-corrected chi connectivity index (χ2v) is 12.0. The number of ether oxygens (including phenoxy) is 5. The van der Waals surface area contributed by atoms with Gasteiger partial charge in [0.15, 0.2) is 0 Å². The first-order chi connectivity index (χ1) is 22.5. The van der Waals surface area contributed by atoms with Gasteiger partial charge in [-0.2, -0.15) is 0 Å². The quantitative estimate of drug-likeness (QED) is 0.184. The molecule has 2 fully saturated rings. The van der Waals surface area contributed by atoms with Crippen LogP contribution in [-0.2, 0) is 44.6 Å². The second kappa shape index (κ2) is 14.7. The number of cyclic esters (lactones) is 1. The van der Waals surface area contributed by atoms with E-state index in [1.165, 1.54) is 12.2 Å². The van der Waals surface area contributed by atoms with Crippen molar-refractivity contribution in [1.29, 1.82) is 0 Å². The van der Waals surface area contributed by atoms with E-state index in [0.717, 1.165) is 0 Å². The van der Waals surface area contributed by atoms with Gasteiger partial charge in [-0.3, -0.25) is 9.59 Å². The minimum atomic E-state index is -0.984. The van der Waals surface area contributed by atoms with E-state index in [9.17, 15) is 24.0 Å². The number of rotatable bonds is 11. The lowest BCUT2D eigenvalue weighted by atomic mass is 9.90. The van der Waals surface area contributed by atoms with Gasteiger partial charge < -0.3 is 39.4 Å². The third-order valence-electron chi connectivity index (χ3n) is 7.89. The zero-order valence-corrected chi connectivity index (χ0v) is 25.9. The van der Waals surface area contributed by atoms with Crippen LogP contribution < -0.4 is 10.6 Å². The molecule has 2 heterocycles. The summed E-state index contributed by atoms with van der Waals surface area (Å²) in [5.41, 5.74) is 1.70. The Morgan fingerprint density at radius 2 is 1.79 bits per heavy atom. The average molecular weight is 649 g/mol. The molecular formula is C34H36N2O11. The standard InChI is InChI=1S/C34H36N2O11/c1-34(2)18-43-33(42)29(34)47-27(38)11-8-20-6-9-22(10-7-20)32(41)46-26-16-24(15-25-28(26)45-19-44-25)31(40)36-17-21-4-3-5-23(14-21)30(39)35-12-13-37/h3-11,14-15,25-26,28-29,37H,12-13,16-19H2,1-2H3,(H,35,39)(H,36,40). The molecule has 1 aliphatic carbocycles. The van der Waals surface area contributed by atoms with E-state index in [0.29, 0.717) is 22.3 Å². The number of nitrogens with one attached hydrogen (secondary N) is 2. The molecule has 0 spiro atoms. The molecule has 2 aromatic rings. The summed E-state index contributed by atoms with van der Waals surface area (Å²) in [6.45, 7) is 3.82. The molecule has 0 saturated carbocycles. The van der Waals surface area contributed by atoms with Gasteiger partial charge in [0.05, 0.1) is 12.2 Å². The molecule has 13 nitrogen and oxygen atoms in total. The molecule has 2 aromatic carbocycles. The van der Waals surface area contributed by atoms with Crippen LogP contribution in [0.25, 0.3) is 6.08 Å². The molecule has 47 heavy (non-hydrogen) atoms. The highest BCUT2D eigenvalue weighted by molar-refractivity contribution is 5.95. The van der Waals surface area contributed by atoms with Gasteiger partial charge in [0.1, 0.15) is 31.7 Å². The summed E-state index contributed by atoms with van der Waals surface area (Å²) in [5, 5.41) is 14.3. The predicted molar refractivity (Wildman–Crippen MR) is 164 cm³/mol. The summed E-state index contributed by atoms with van der Waals surface area (Å²) in [7, 11) is 0. The van der Waals surface area contributed by atoms with Gasteiger partial charge in [0, 0.05) is 42.1 Å².